The third kappa shape index (κ3) is 6.06. The Labute approximate surface area is 185 Å². The maximum Gasteiger partial charge on any atom is 0.255 e. The van der Waals surface area contributed by atoms with Gasteiger partial charge in [0.1, 0.15) is 12.4 Å². The van der Waals surface area contributed by atoms with E-state index in [0.29, 0.717) is 33.6 Å². The number of hydrogen-bond donors (Lipinski definition) is 2. The lowest BCUT2D eigenvalue weighted by atomic mass is 10.1. The van der Waals surface area contributed by atoms with Crippen molar-refractivity contribution in [3.8, 4) is 5.75 Å². The standard InChI is InChI=1S/C23H27BrN2O4/c1-3-15(2)25-22(27)16-6-9-18(10-7-16)26-23(28)17-8-11-21(20(24)13-17)30-14-19-5-4-12-29-19/h6-11,13,15,19H,3-5,12,14H2,1-2H3,(H,25,27)(H,26,28). The molecule has 2 aromatic carbocycles. The quantitative estimate of drug-likeness (QED) is 0.576. The van der Waals surface area contributed by atoms with E-state index in [1.807, 2.05) is 13.8 Å². The van der Waals surface area contributed by atoms with Crippen LogP contribution in [0.3, 0.4) is 0 Å². The molecule has 0 aromatic heterocycles. The van der Waals surface area contributed by atoms with Crippen LogP contribution in [-0.4, -0.2) is 37.2 Å². The number of nitrogens with one attached hydrogen (secondary N) is 2. The van der Waals surface area contributed by atoms with Crippen LogP contribution in [0.4, 0.5) is 5.69 Å². The molecule has 0 spiro atoms. The van der Waals surface area contributed by atoms with Crippen molar-refractivity contribution in [2.24, 2.45) is 0 Å². The molecule has 30 heavy (non-hydrogen) atoms. The summed E-state index contributed by atoms with van der Waals surface area (Å²) in [5.41, 5.74) is 1.68. The lowest BCUT2D eigenvalue weighted by molar-refractivity contribution is 0.0677. The summed E-state index contributed by atoms with van der Waals surface area (Å²) in [4.78, 5) is 24.7. The lowest BCUT2D eigenvalue weighted by Crippen LogP contribution is -2.31. The average Bonchev–Trinajstić information content (AvgIpc) is 3.26. The van der Waals surface area contributed by atoms with Crippen molar-refractivity contribution in [2.75, 3.05) is 18.5 Å². The zero-order chi connectivity index (χ0) is 21.5. The van der Waals surface area contributed by atoms with Gasteiger partial charge in [-0.3, -0.25) is 9.59 Å². The van der Waals surface area contributed by atoms with Crippen molar-refractivity contribution in [1.82, 2.24) is 5.32 Å². The van der Waals surface area contributed by atoms with E-state index in [1.165, 1.54) is 0 Å². The number of ether oxygens (including phenoxy) is 2. The van der Waals surface area contributed by atoms with Crippen molar-refractivity contribution >= 4 is 33.4 Å². The van der Waals surface area contributed by atoms with Crippen LogP contribution in [0.5, 0.6) is 5.75 Å². The Morgan fingerprint density at radius 3 is 2.53 bits per heavy atom. The van der Waals surface area contributed by atoms with Gasteiger partial charge in [0, 0.05) is 29.5 Å². The third-order valence-electron chi connectivity index (χ3n) is 5.04. The molecule has 6 nitrogen and oxygen atoms in total. The maximum absolute atomic E-state index is 12.6. The minimum atomic E-state index is -0.238. The molecule has 1 fully saturated rings. The fraction of sp³-hybridized carbons (Fsp3) is 0.391. The zero-order valence-corrected chi connectivity index (χ0v) is 18.8. The zero-order valence-electron chi connectivity index (χ0n) is 17.2. The van der Waals surface area contributed by atoms with Crippen molar-refractivity contribution in [3.63, 3.8) is 0 Å². The Balaban J connectivity index is 1.57. The Bertz CT molecular complexity index is 879. The SMILES string of the molecule is CCC(C)NC(=O)c1ccc(NC(=O)c2ccc(OCC3CCCO3)c(Br)c2)cc1. The van der Waals surface area contributed by atoms with Gasteiger partial charge in [0.25, 0.3) is 11.8 Å². The second kappa shape index (κ2) is 10.6. The Morgan fingerprint density at radius 2 is 1.90 bits per heavy atom. The second-order valence-corrected chi connectivity index (χ2v) is 8.26. The van der Waals surface area contributed by atoms with Crippen molar-refractivity contribution in [3.05, 3.63) is 58.1 Å². The predicted octanol–water partition coefficient (Wildman–Crippen LogP) is 4.79. The Morgan fingerprint density at radius 1 is 1.17 bits per heavy atom. The van der Waals surface area contributed by atoms with E-state index in [1.54, 1.807) is 42.5 Å². The molecule has 2 atom stereocenters. The van der Waals surface area contributed by atoms with Gasteiger partial charge in [0.15, 0.2) is 0 Å². The van der Waals surface area contributed by atoms with Crippen LogP contribution in [-0.2, 0) is 4.74 Å². The van der Waals surface area contributed by atoms with Crippen LogP contribution in [0.1, 0.15) is 53.8 Å². The molecule has 2 aromatic rings. The third-order valence-corrected chi connectivity index (χ3v) is 5.66. The number of rotatable bonds is 8. The Hall–Kier alpha value is -2.38. The molecule has 0 radical (unpaired) electrons. The van der Waals surface area contributed by atoms with E-state index in [4.69, 9.17) is 9.47 Å². The number of anilines is 1. The van der Waals surface area contributed by atoms with E-state index in [0.717, 1.165) is 25.9 Å². The number of carbonyl (C=O) groups is 2. The summed E-state index contributed by atoms with van der Waals surface area (Å²) < 4.78 is 12.1. The van der Waals surface area contributed by atoms with Gasteiger partial charge in [0.05, 0.1) is 10.6 Å². The molecule has 0 saturated carbocycles. The molecule has 1 aliphatic rings. The van der Waals surface area contributed by atoms with E-state index in [-0.39, 0.29) is 24.0 Å². The van der Waals surface area contributed by atoms with Gasteiger partial charge in [-0.2, -0.15) is 0 Å². The number of carbonyl (C=O) groups excluding carboxylic acids is 2. The van der Waals surface area contributed by atoms with E-state index >= 15 is 0 Å². The molecular formula is C23H27BrN2O4. The van der Waals surface area contributed by atoms with Crippen LogP contribution >= 0.6 is 15.9 Å². The van der Waals surface area contributed by atoms with Gasteiger partial charge < -0.3 is 20.1 Å². The fourth-order valence-corrected chi connectivity index (χ4v) is 3.53. The van der Waals surface area contributed by atoms with Crippen molar-refractivity contribution < 1.29 is 19.1 Å². The first-order chi connectivity index (χ1) is 14.5. The van der Waals surface area contributed by atoms with Crippen molar-refractivity contribution in [2.45, 2.75) is 45.3 Å². The second-order valence-electron chi connectivity index (χ2n) is 7.41. The largest absolute Gasteiger partial charge is 0.490 e. The van der Waals surface area contributed by atoms with Crippen LogP contribution in [0.2, 0.25) is 0 Å². The van der Waals surface area contributed by atoms with E-state index in [9.17, 15) is 9.59 Å². The molecule has 2 unspecified atom stereocenters. The normalized spacial score (nSPS) is 16.7. The fourth-order valence-electron chi connectivity index (χ4n) is 3.04. The summed E-state index contributed by atoms with van der Waals surface area (Å²) in [6, 6.07) is 12.2. The van der Waals surface area contributed by atoms with E-state index < -0.39 is 0 Å². The smallest absolute Gasteiger partial charge is 0.255 e. The van der Waals surface area contributed by atoms with Gasteiger partial charge in [-0.1, -0.05) is 6.92 Å². The summed E-state index contributed by atoms with van der Waals surface area (Å²) in [6.07, 6.45) is 3.08. The van der Waals surface area contributed by atoms with Gasteiger partial charge in [0.2, 0.25) is 0 Å². The summed E-state index contributed by atoms with van der Waals surface area (Å²) in [5.74, 6) is 0.321. The lowest BCUT2D eigenvalue weighted by Gasteiger charge is -2.13. The molecule has 2 amide bonds. The van der Waals surface area contributed by atoms with Crippen molar-refractivity contribution in [1.29, 1.82) is 0 Å². The van der Waals surface area contributed by atoms with Crippen LogP contribution in [0.25, 0.3) is 0 Å². The average molecular weight is 475 g/mol. The molecule has 1 heterocycles. The maximum atomic E-state index is 12.6. The highest BCUT2D eigenvalue weighted by atomic mass is 79.9. The minimum absolute atomic E-state index is 0.118. The number of benzene rings is 2. The van der Waals surface area contributed by atoms with Crippen LogP contribution in [0, 0.1) is 0 Å². The van der Waals surface area contributed by atoms with Crippen LogP contribution < -0.4 is 15.4 Å². The van der Waals surface area contributed by atoms with E-state index in [2.05, 4.69) is 26.6 Å². The number of amides is 2. The molecule has 1 saturated heterocycles. The number of hydrogen-bond acceptors (Lipinski definition) is 4. The topological polar surface area (TPSA) is 76.7 Å². The summed E-state index contributed by atoms with van der Waals surface area (Å²) in [6.45, 7) is 5.27. The predicted molar refractivity (Wildman–Crippen MR) is 120 cm³/mol. The summed E-state index contributed by atoms with van der Waals surface area (Å²) in [7, 11) is 0. The monoisotopic (exact) mass is 474 g/mol. The highest BCUT2D eigenvalue weighted by Crippen LogP contribution is 2.27. The molecule has 160 valence electrons. The van der Waals surface area contributed by atoms with Crippen LogP contribution in [0.15, 0.2) is 46.9 Å². The first-order valence-corrected chi connectivity index (χ1v) is 11.0. The molecular weight excluding hydrogens is 448 g/mol. The molecule has 7 heteroatoms. The van der Waals surface area contributed by atoms with Gasteiger partial charge >= 0.3 is 0 Å². The molecule has 1 aliphatic heterocycles. The summed E-state index contributed by atoms with van der Waals surface area (Å²) >= 11 is 3.47. The van der Waals surface area contributed by atoms with Gasteiger partial charge in [-0.15, -0.1) is 0 Å². The Kier molecular flexibility index (Phi) is 7.87. The highest BCUT2D eigenvalue weighted by Gasteiger charge is 2.17. The first kappa shape index (κ1) is 22.3. The first-order valence-electron chi connectivity index (χ1n) is 10.2. The van der Waals surface area contributed by atoms with Gasteiger partial charge in [-0.05, 0) is 84.6 Å². The van der Waals surface area contributed by atoms with Gasteiger partial charge in [-0.25, -0.2) is 0 Å². The molecule has 2 N–H and O–H groups in total. The molecule has 0 aliphatic carbocycles. The highest BCUT2D eigenvalue weighted by molar-refractivity contribution is 9.10. The minimum Gasteiger partial charge on any atom is -0.490 e. The number of halogens is 1. The molecule has 3 rings (SSSR count). The molecule has 0 bridgehead atoms. The summed E-state index contributed by atoms with van der Waals surface area (Å²) in [5, 5.41) is 5.77.